The van der Waals surface area contributed by atoms with Gasteiger partial charge < -0.3 is 14.4 Å². The van der Waals surface area contributed by atoms with Gasteiger partial charge in [-0.05, 0) is 48.6 Å². The molecule has 0 saturated heterocycles. The van der Waals surface area contributed by atoms with Gasteiger partial charge in [-0.2, -0.15) is 0 Å². The van der Waals surface area contributed by atoms with Crippen molar-refractivity contribution in [2.75, 3.05) is 6.61 Å². The van der Waals surface area contributed by atoms with Crippen molar-refractivity contribution in [2.45, 2.75) is 45.8 Å². The topological polar surface area (TPSA) is 47.3 Å². The third kappa shape index (κ3) is 4.02. The van der Waals surface area contributed by atoms with Crippen LogP contribution in [0.4, 0.5) is 0 Å². The summed E-state index contributed by atoms with van der Waals surface area (Å²) in [7, 11) is 0. The minimum atomic E-state index is -0.0490. The first kappa shape index (κ1) is 17.5. The molecule has 1 aromatic heterocycles. The van der Waals surface area contributed by atoms with Gasteiger partial charge in [-0.3, -0.25) is 0 Å². The lowest BCUT2D eigenvalue weighted by Crippen LogP contribution is -2.08. The molecule has 25 heavy (non-hydrogen) atoms. The molecule has 1 N–H and O–H groups in total. The molecule has 0 aliphatic carbocycles. The second kappa shape index (κ2) is 8.17. The second-order valence-corrected chi connectivity index (χ2v) is 6.41. The molecule has 0 aliphatic heterocycles. The third-order valence-electron chi connectivity index (χ3n) is 4.73. The number of fused-ring (bicyclic) bond motifs is 1. The summed E-state index contributed by atoms with van der Waals surface area (Å²) in [5, 5.41) is 9.53. The Morgan fingerprint density at radius 2 is 1.88 bits per heavy atom. The van der Waals surface area contributed by atoms with E-state index in [1.54, 1.807) is 0 Å². The van der Waals surface area contributed by atoms with Crippen LogP contribution in [0.2, 0.25) is 0 Å². The van der Waals surface area contributed by atoms with Crippen molar-refractivity contribution in [3.8, 4) is 5.75 Å². The van der Waals surface area contributed by atoms with Gasteiger partial charge in [0.1, 0.15) is 18.2 Å². The van der Waals surface area contributed by atoms with Crippen molar-refractivity contribution >= 4 is 11.0 Å². The quantitative estimate of drug-likeness (QED) is 0.615. The van der Waals surface area contributed by atoms with Crippen LogP contribution in [0.5, 0.6) is 5.75 Å². The zero-order valence-corrected chi connectivity index (χ0v) is 15.0. The summed E-state index contributed by atoms with van der Waals surface area (Å²) in [5.41, 5.74) is 3.34. The molecule has 2 aromatic carbocycles. The van der Waals surface area contributed by atoms with E-state index in [-0.39, 0.29) is 6.61 Å². The summed E-state index contributed by atoms with van der Waals surface area (Å²) in [4.78, 5) is 4.47. The predicted octanol–water partition coefficient (Wildman–Crippen LogP) is 4.51. The van der Waals surface area contributed by atoms with Crippen LogP contribution in [0.3, 0.4) is 0 Å². The minimum absolute atomic E-state index is 0.0490. The molecular weight excluding hydrogens is 312 g/mol. The zero-order valence-electron chi connectivity index (χ0n) is 15.0. The number of benzene rings is 2. The molecule has 4 heteroatoms. The van der Waals surface area contributed by atoms with Gasteiger partial charge in [-0.25, -0.2) is 4.98 Å². The highest BCUT2D eigenvalue weighted by Crippen LogP contribution is 2.22. The minimum Gasteiger partial charge on any atom is -0.494 e. The average molecular weight is 338 g/mol. The first-order valence-electron chi connectivity index (χ1n) is 9.00. The maximum absolute atomic E-state index is 9.53. The van der Waals surface area contributed by atoms with Crippen molar-refractivity contribution in [2.24, 2.45) is 0 Å². The molecule has 0 spiro atoms. The van der Waals surface area contributed by atoms with Crippen LogP contribution < -0.4 is 4.74 Å². The van der Waals surface area contributed by atoms with Gasteiger partial charge in [0.05, 0.1) is 17.6 Å². The lowest BCUT2D eigenvalue weighted by molar-refractivity contribution is 0.261. The number of ether oxygens (including phenoxy) is 1. The van der Waals surface area contributed by atoms with E-state index in [9.17, 15) is 5.11 Å². The summed E-state index contributed by atoms with van der Waals surface area (Å²) in [5.74, 6) is 2.20. The number of aliphatic hydroxyl groups excluding tert-OH is 1. The number of hydrogen-bond acceptors (Lipinski definition) is 3. The van der Waals surface area contributed by atoms with Crippen LogP contribution in [0.1, 0.15) is 44.0 Å². The Labute approximate surface area is 149 Å². The van der Waals surface area contributed by atoms with Crippen LogP contribution >= 0.6 is 0 Å². The van der Waals surface area contributed by atoms with Crippen molar-refractivity contribution in [1.82, 2.24) is 9.55 Å². The van der Waals surface area contributed by atoms with Gasteiger partial charge in [0.2, 0.25) is 0 Å². The van der Waals surface area contributed by atoms with E-state index in [0.717, 1.165) is 36.2 Å². The molecule has 0 fully saturated rings. The van der Waals surface area contributed by atoms with Gasteiger partial charge in [0.15, 0.2) is 0 Å². The lowest BCUT2D eigenvalue weighted by atomic mass is 9.99. The van der Waals surface area contributed by atoms with Gasteiger partial charge in [-0.1, -0.05) is 38.1 Å². The Morgan fingerprint density at radius 3 is 2.60 bits per heavy atom. The van der Waals surface area contributed by atoms with E-state index >= 15 is 0 Å². The van der Waals surface area contributed by atoms with Crippen LogP contribution in [0.15, 0.2) is 48.5 Å². The summed E-state index contributed by atoms with van der Waals surface area (Å²) in [6, 6.07) is 16.4. The molecule has 3 aromatic rings. The van der Waals surface area contributed by atoms with Gasteiger partial charge in [-0.15, -0.1) is 0 Å². The number of aliphatic hydroxyl groups is 1. The molecule has 1 atom stereocenters. The summed E-state index contributed by atoms with van der Waals surface area (Å²) in [6.45, 7) is 5.81. The van der Waals surface area contributed by atoms with Crippen molar-refractivity contribution in [3.05, 3.63) is 59.9 Å². The second-order valence-electron chi connectivity index (χ2n) is 6.41. The molecule has 0 radical (unpaired) electrons. The van der Waals surface area contributed by atoms with Crippen LogP contribution in [-0.2, 0) is 13.2 Å². The van der Waals surface area contributed by atoms with E-state index < -0.39 is 0 Å². The number of nitrogens with zero attached hydrogens (tertiary/aromatic N) is 2. The number of aromatic nitrogens is 2. The van der Waals surface area contributed by atoms with E-state index in [4.69, 9.17) is 4.74 Å². The Morgan fingerprint density at radius 1 is 1.12 bits per heavy atom. The van der Waals surface area contributed by atoms with Gasteiger partial charge in [0.25, 0.3) is 0 Å². The Kier molecular flexibility index (Phi) is 5.71. The molecule has 0 saturated carbocycles. The largest absolute Gasteiger partial charge is 0.494 e. The molecule has 132 valence electrons. The van der Waals surface area contributed by atoms with Crippen LogP contribution in [0, 0.1) is 0 Å². The molecule has 3 rings (SSSR count). The summed E-state index contributed by atoms with van der Waals surface area (Å²) in [6.07, 6.45) is 2.01. The van der Waals surface area contributed by atoms with E-state index in [0.29, 0.717) is 18.3 Å². The number of para-hydroxylation sites is 2. The molecule has 1 unspecified atom stereocenters. The zero-order chi connectivity index (χ0) is 17.6. The van der Waals surface area contributed by atoms with E-state index in [1.165, 1.54) is 5.56 Å². The summed E-state index contributed by atoms with van der Waals surface area (Å²) < 4.78 is 7.94. The fraction of sp³-hybridized carbons (Fsp3) is 0.381. The molecule has 0 amide bonds. The first-order chi connectivity index (χ1) is 12.2. The smallest absolute Gasteiger partial charge is 0.135 e. The average Bonchev–Trinajstić information content (AvgIpc) is 3.03. The van der Waals surface area contributed by atoms with Crippen molar-refractivity contribution in [3.63, 3.8) is 0 Å². The highest BCUT2D eigenvalue weighted by molar-refractivity contribution is 5.75. The van der Waals surface area contributed by atoms with Crippen molar-refractivity contribution < 1.29 is 9.84 Å². The number of hydrogen-bond donors (Lipinski definition) is 1. The Bertz CT molecular complexity index is 808. The maximum atomic E-state index is 9.53. The van der Waals surface area contributed by atoms with Gasteiger partial charge in [0, 0.05) is 6.54 Å². The van der Waals surface area contributed by atoms with E-state index in [2.05, 4.69) is 35.5 Å². The first-order valence-corrected chi connectivity index (χ1v) is 9.00. The monoisotopic (exact) mass is 338 g/mol. The number of rotatable bonds is 8. The fourth-order valence-corrected chi connectivity index (χ4v) is 3.04. The molecule has 0 aliphatic rings. The van der Waals surface area contributed by atoms with Crippen LogP contribution in [0.25, 0.3) is 11.0 Å². The maximum Gasteiger partial charge on any atom is 0.135 e. The standard InChI is InChI=1S/C21H26N2O2/c1-3-16(2)17-9-11-18(12-10-17)25-14-6-13-23-20-8-5-4-7-19(20)22-21(23)15-24/h4-5,7-12,16,24H,3,6,13-15H2,1-2H3. The molecular formula is C21H26N2O2. The van der Waals surface area contributed by atoms with E-state index in [1.807, 2.05) is 36.4 Å². The molecule has 4 nitrogen and oxygen atoms in total. The lowest BCUT2D eigenvalue weighted by Gasteiger charge is -2.11. The number of imidazole rings is 1. The van der Waals surface area contributed by atoms with Crippen LogP contribution in [-0.4, -0.2) is 21.3 Å². The summed E-state index contributed by atoms with van der Waals surface area (Å²) >= 11 is 0. The SMILES string of the molecule is CCC(C)c1ccc(OCCCn2c(CO)nc3ccccc32)cc1. The third-order valence-corrected chi connectivity index (χ3v) is 4.73. The number of aryl methyl sites for hydroxylation is 1. The fourth-order valence-electron chi connectivity index (χ4n) is 3.04. The predicted molar refractivity (Wildman–Crippen MR) is 101 cm³/mol. The molecule has 0 bridgehead atoms. The highest BCUT2D eigenvalue weighted by atomic mass is 16.5. The van der Waals surface area contributed by atoms with Crippen molar-refractivity contribution in [1.29, 1.82) is 0 Å². The highest BCUT2D eigenvalue weighted by Gasteiger charge is 2.09. The van der Waals surface area contributed by atoms with Gasteiger partial charge >= 0.3 is 0 Å². The molecule has 1 heterocycles. The Hall–Kier alpha value is -2.33. The Balaban J connectivity index is 1.57. The normalized spacial score (nSPS) is 12.4.